The maximum atomic E-state index is 13.0. The van der Waals surface area contributed by atoms with Crippen molar-refractivity contribution in [2.45, 2.75) is 43.9 Å². The summed E-state index contributed by atoms with van der Waals surface area (Å²) in [4.78, 5) is 4.09. The Morgan fingerprint density at radius 1 is 1.10 bits per heavy atom. The smallest absolute Gasteiger partial charge is 0.351 e. The fourth-order valence-corrected chi connectivity index (χ4v) is 3.12. The first-order valence-electron chi connectivity index (χ1n) is 6.92. The van der Waals surface area contributed by atoms with Crippen molar-refractivity contribution in [3.63, 3.8) is 0 Å². The summed E-state index contributed by atoms with van der Waals surface area (Å²) in [5, 5.41) is 6.32. The van der Waals surface area contributed by atoms with E-state index in [0.717, 1.165) is 31.7 Å². The SMILES string of the molecule is FC(F)(F)c1cccc(Cl)c1N=C1NC2CCCCC2N1. The van der Waals surface area contributed by atoms with Crippen LogP contribution in [-0.2, 0) is 6.18 Å². The van der Waals surface area contributed by atoms with Gasteiger partial charge in [0.25, 0.3) is 0 Å². The van der Waals surface area contributed by atoms with Gasteiger partial charge in [0.2, 0.25) is 0 Å². The molecule has 1 aromatic rings. The number of hydrogen-bond acceptors (Lipinski definition) is 1. The Bertz CT molecular complexity index is 555. The Kier molecular flexibility index (Phi) is 3.73. The van der Waals surface area contributed by atoms with E-state index in [0.29, 0.717) is 5.96 Å². The third-order valence-corrected chi connectivity index (χ3v) is 4.23. The monoisotopic (exact) mass is 317 g/mol. The molecule has 1 heterocycles. The van der Waals surface area contributed by atoms with E-state index < -0.39 is 11.7 Å². The molecule has 1 aromatic carbocycles. The lowest BCUT2D eigenvalue weighted by Crippen LogP contribution is -2.36. The fourth-order valence-electron chi connectivity index (χ4n) is 2.90. The number of benzene rings is 1. The number of hydrogen-bond donors (Lipinski definition) is 2. The third kappa shape index (κ3) is 2.95. The molecular formula is C14H15ClF3N3. The fraction of sp³-hybridized carbons (Fsp3) is 0.500. The van der Waals surface area contributed by atoms with E-state index in [-0.39, 0.29) is 22.8 Å². The topological polar surface area (TPSA) is 36.4 Å². The molecule has 21 heavy (non-hydrogen) atoms. The van der Waals surface area contributed by atoms with Gasteiger partial charge in [-0.1, -0.05) is 30.5 Å². The zero-order chi connectivity index (χ0) is 15.0. The number of nitrogens with zero attached hydrogens (tertiary/aromatic N) is 1. The van der Waals surface area contributed by atoms with Gasteiger partial charge in [-0.3, -0.25) is 0 Å². The summed E-state index contributed by atoms with van der Waals surface area (Å²) in [6.07, 6.45) is -0.210. The standard InChI is InChI=1S/C14H15ClF3N3/c15-9-5-3-4-8(14(16,17)18)12(9)21-13-19-10-6-1-2-7-11(10)20-13/h3-5,10-11H,1-2,6-7H2,(H2,19,20,21). The Morgan fingerprint density at radius 3 is 2.29 bits per heavy atom. The molecule has 3 rings (SSSR count). The second-order valence-corrected chi connectivity index (χ2v) is 5.79. The lowest BCUT2D eigenvalue weighted by atomic mass is 9.92. The highest BCUT2D eigenvalue weighted by atomic mass is 35.5. The molecule has 1 aliphatic carbocycles. The quantitative estimate of drug-likeness (QED) is 0.825. The lowest BCUT2D eigenvalue weighted by Gasteiger charge is -2.23. The first kappa shape index (κ1) is 14.5. The molecule has 7 heteroatoms. The number of aliphatic imine (C=N–C) groups is 1. The number of alkyl halides is 3. The largest absolute Gasteiger partial charge is 0.418 e. The predicted octanol–water partition coefficient (Wildman–Crippen LogP) is 3.85. The number of fused-ring (bicyclic) bond motifs is 1. The number of para-hydroxylation sites is 1. The Labute approximate surface area is 125 Å². The summed E-state index contributed by atoms with van der Waals surface area (Å²) in [5.74, 6) is 0.380. The molecule has 1 aliphatic heterocycles. The van der Waals surface area contributed by atoms with Crippen LogP contribution in [0.3, 0.4) is 0 Å². The highest BCUT2D eigenvalue weighted by Gasteiger charge is 2.36. The Morgan fingerprint density at radius 2 is 1.71 bits per heavy atom. The average molecular weight is 318 g/mol. The molecule has 2 fully saturated rings. The summed E-state index contributed by atoms with van der Waals surface area (Å²) in [5.41, 5.74) is -1.05. The molecule has 3 nitrogen and oxygen atoms in total. The maximum Gasteiger partial charge on any atom is 0.418 e. The first-order chi connectivity index (χ1) is 9.95. The minimum Gasteiger partial charge on any atom is -0.351 e. The molecule has 0 radical (unpaired) electrons. The third-order valence-electron chi connectivity index (χ3n) is 3.93. The molecule has 2 N–H and O–H groups in total. The van der Waals surface area contributed by atoms with Gasteiger partial charge in [-0.25, -0.2) is 4.99 Å². The summed E-state index contributed by atoms with van der Waals surface area (Å²) >= 11 is 5.90. The summed E-state index contributed by atoms with van der Waals surface area (Å²) in [6.45, 7) is 0. The van der Waals surface area contributed by atoms with E-state index >= 15 is 0 Å². The molecule has 114 valence electrons. The zero-order valence-electron chi connectivity index (χ0n) is 11.2. The van der Waals surface area contributed by atoms with Gasteiger partial charge >= 0.3 is 6.18 Å². The van der Waals surface area contributed by atoms with Gasteiger partial charge in [-0.05, 0) is 25.0 Å². The molecule has 1 saturated heterocycles. The number of nitrogens with one attached hydrogen (secondary N) is 2. The van der Waals surface area contributed by atoms with Crippen molar-refractivity contribution in [2.24, 2.45) is 4.99 Å². The Hall–Kier alpha value is -1.43. The zero-order valence-corrected chi connectivity index (χ0v) is 11.9. The molecule has 0 aromatic heterocycles. The minimum absolute atomic E-state index is 0.00389. The molecule has 0 spiro atoms. The van der Waals surface area contributed by atoms with E-state index in [2.05, 4.69) is 15.6 Å². The van der Waals surface area contributed by atoms with Crippen LogP contribution in [0.1, 0.15) is 31.2 Å². The molecule has 1 saturated carbocycles. The molecular weight excluding hydrogens is 303 g/mol. The van der Waals surface area contributed by atoms with Crippen molar-refractivity contribution in [2.75, 3.05) is 0 Å². The first-order valence-corrected chi connectivity index (χ1v) is 7.30. The van der Waals surface area contributed by atoms with Crippen LogP contribution in [0.25, 0.3) is 0 Å². The maximum absolute atomic E-state index is 13.0. The van der Waals surface area contributed by atoms with E-state index in [9.17, 15) is 13.2 Å². The van der Waals surface area contributed by atoms with Gasteiger partial charge in [0.1, 0.15) is 0 Å². The van der Waals surface area contributed by atoms with Gasteiger partial charge in [0.05, 0.1) is 16.3 Å². The average Bonchev–Trinajstić information content (AvgIpc) is 2.82. The van der Waals surface area contributed by atoms with E-state index in [1.54, 1.807) is 0 Å². The van der Waals surface area contributed by atoms with Crippen LogP contribution in [0.2, 0.25) is 5.02 Å². The van der Waals surface area contributed by atoms with Crippen LogP contribution in [-0.4, -0.2) is 18.0 Å². The number of guanidine groups is 1. The van der Waals surface area contributed by atoms with Gasteiger partial charge in [-0.15, -0.1) is 0 Å². The molecule has 2 atom stereocenters. The van der Waals surface area contributed by atoms with Crippen LogP contribution in [0, 0.1) is 0 Å². The molecule has 2 unspecified atom stereocenters. The van der Waals surface area contributed by atoms with Crippen molar-refractivity contribution in [3.8, 4) is 0 Å². The second kappa shape index (κ2) is 5.40. The van der Waals surface area contributed by atoms with E-state index in [4.69, 9.17) is 11.6 Å². The number of rotatable bonds is 1. The Balaban J connectivity index is 1.93. The lowest BCUT2D eigenvalue weighted by molar-refractivity contribution is -0.137. The van der Waals surface area contributed by atoms with Crippen LogP contribution < -0.4 is 10.6 Å². The van der Waals surface area contributed by atoms with Crippen LogP contribution in [0.15, 0.2) is 23.2 Å². The molecule has 2 aliphatic rings. The second-order valence-electron chi connectivity index (χ2n) is 5.38. The van der Waals surface area contributed by atoms with E-state index in [1.165, 1.54) is 12.1 Å². The van der Waals surface area contributed by atoms with Gasteiger partial charge in [0, 0.05) is 12.1 Å². The summed E-state index contributed by atoms with van der Waals surface area (Å²) < 4.78 is 39.1. The highest BCUT2D eigenvalue weighted by Crippen LogP contribution is 2.40. The van der Waals surface area contributed by atoms with Gasteiger partial charge in [0.15, 0.2) is 5.96 Å². The predicted molar refractivity (Wildman–Crippen MR) is 75.9 cm³/mol. The van der Waals surface area contributed by atoms with Crippen molar-refractivity contribution in [1.29, 1.82) is 0 Å². The van der Waals surface area contributed by atoms with Crippen molar-refractivity contribution < 1.29 is 13.2 Å². The summed E-state index contributed by atoms with van der Waals surface area (Å²) in [6, 6.07) is 4.18. The van der Waals surface area contributed by atoms with Crippen LogP contribution in [0.5, 0.6) is 0 Å². The normalized spacial score (nSPS) is 25.0. The van der Waals surface area contributed by atoms with Crippen LogP contribution >= 0.6 is 11.6 Å². The van der Waals surface area contributed by atoms with Crippen LogP contribution in [0.4, 0.5) is 18.9 Å². The van der Waals surface area contributed by atoms with Gasteiger partial charge < -0.3 is 10.6 Å². The number of halogens is 4. The van der Waals surface area contributed by atoms with E-state index in [1.807, 2.05) is 0 Å². The molecule has 0 bridgehead atoms. The van der Waals surface area contributed by atoms with Gasteiger partial charge in [-0.2, -0.15) is 13.2 Å². The molecule has 0 amide bonds. The highest BCUT2D eigenvalue weighted by molar-refractivity contribution is 6.33. The summed E-state index contributed by atoms with van der Waals surface area (Å²) in [7, 11) is 0. The van der Waals surface area contributed by atoms with Crippen molar-refractivity contribution >= 4 is 23.2 Å². The van der Waals surface area contributed by atoms with Crippen molar-refractivity contribution in [1.82, 2.24) is 10.6 Å². The minimum atomic E-state index is -4.48. The van der Waals surface area contributed by atoms with Crippen molar-refractivity contribution in [3.05, 3.63) is 28.8 Å².